The minimum atomic E-state index is -0.373. The molecule has 0 radical (unpaired) electrons. The number of hydrogen-bond acceptors (Lipinski definition) is 4. The molecule has 2 atom stereocenters. The van der Waals surface area contributed by atoms with E-state index in [1.54, 1.807) is 17.8 Å². The summed E-state index contributed by atoms with van der Waals surface area (Å²) in [4.78, 5) is 3.89. The Kier molecular flexibility index (Phi) is 4.84. The van der Waals surface area contributed by atoms with Crippen LogP contribution in [-0.2, 0) is 0 Å². The molecule has 0 fully saturated rings. The first-order chi connectivity index (χ1) is 7.19. The molecule has 0 aliphatic heterocycles. The van der Waals surface area contributed by atoms with Gasteiger partial charge in [0.1, 0.15) is 0 Å². The maximum absolute atomic E-state index is 13.2. The van der Waals surface area contributed by atoms with Crippen molar-refractivity contribution in [2.75, 3.05) is 18.2 Å². The standard InChI is InChI=1S/C10H15FN2OS/c1-7(9(6-14)15-2)13-10-8(11)4-3-5-12-10/h3-5,7,9,14H,6H2,1-2H3,(H,12,13)/t7-,9+/m1/s1. The van der Waals surface area contributed by atoms with E-state index >= 15 is 0 Å². The number of hydrogen-bond donors (Lipinski definition) is 2. The number of anilines is 1. The monoisotopic (exact) mass is 230 g/mol. The zero-order chi connectivity index (χ0) is 11.3. The molecule has 0 amide bonds. The molecule has 1 aromatic rings. The Labute approximate surface area is 93.1 Å². The summed E-state index contributed by atoms with van der Waals surface area (Å²) in [6.07, 6.45) is 3.44. The lowest BCUT2D eigenvalue weighted by Gasteiger charge is -2.21. The van der Waals surface area contributed by atoms with Crippen molar-refractivity contribution in [2.24, 2.45) is 0 Å². The van der Waals surface area contributed by atoms with Crippen LogP contribution in [0.25, 0.3) is 0 Å². The van der Waals surface area contributed by atoms with Crippen LogP contribution in [-0.4, -0.2) is 34.2 Å². The third-order valence-corrected chi connectivity index (χ3v) is 3.33. The van der Waals surface area contributed by atoms with Gasteiger partial charge in [-0.2, -0.15) is 11.8 Å². The lowest BCUT2D eigenvalue weighted by Crippen LogP contribution is -2.31. The summed E-state index contributed by atoms with van der Waals surface area (Å²) in [5.74, 6) is -0.139. The molecule has 0 aliphatic rings. The Bertz CT molecular complexity index is 307. The van der Waals surface area contributed by atoms with Crippen molar-refractivity contribution < 1.29 is 9.50 Å². The molecule has 5 heteroatoms. The number of nitrogens with zero attached hydrogens (tertiary/aromatic N) is 1. The second-order valence-corrected chi connectivity index (χ2v) is 4.30. The van der Waals surface area contributed by atoms with E-state index in [1.807, 2.05) is 13.2 Å². The maximum atomic E-state index is 13.2. The first kappa shape index (κ1) is 12.3. The van der Waals surface area contributed by atoms with E-state index in [0.29, 0.717) is 0 Å². The molecule has 0 saturated carbocycles. The van der Waals surface area contributed by atoms with Gasteiger partial charge in [0.05, 0.1) is 6.61 Å². The molecular weight excluding hydrogens is 215 g/mol. The number of pyridine rings is 1. The molecule has 0 bridgehead atoms. The molecule has 84 valence electrons. The van der Waals surface area contributed by atoms with Crippen LogP contribution < -0.4 is 5.32 Å². The highest BCUT2D eigenvalue weighted by Gasteiger charge is 2.16. The van der Waals surface area contributed by atoms with Crippen molar-refractivity contribution in [1.82, 2.24) is 4.98 Å². The average Bonchev–Trinajstić information content (AvgIpc) is 2.23. The fourth-order valence-corrected chi connectivity index (χ4v) is 1.86. The quantitative estimate of drug-likeness (QED) is 0.809. The van der Waals surface area contributed by atoms with Crippen molar-refractivity contribution in [3.8, 4) is 0 Å². The fraction of sp³-hybridized carbons (Fsp3) is 0.500. The number of nitrogens with one attached hydrogen (secondary N) is 1. The Balaban J connectivity index is 2.65. The van der Waals surface area contributed by atoms with Crippen LogP contribution in [0.2, 0.25) is 0 Å². The van der Waals surface area contributed by atoms with Crippen molar-refractivity contribution in [3.63, 3.8) is 0 Å². The third kappa shape index (κ3) is 3.35. The average molecular weight is 230 g/mol. The summed E-state index contributed by atoms with van der Waals surface area (Å²) in [5.41, 5.74) is 0. The van der Waals surface area contributed by atoms with Crippen LogP contribution in [0.5, 0.6) is 0 Å². The summed E-state index contributed by atoms with van der Waals surface area (Å²) in [6.45, 7) is 1.95. The van der Waals surface area contributed by atoms with E-state index in [0.717, 1.165) is 0 Å². The van der Waals surface area contributed by atoms with Crippen LogP contribution in [0, 0.1) is 5.82 Å². The molecule has 0 unspecified atom stereocenters. The van der Waals surface area contributed by atoms with Crippen molar-refractivity contribution in [2.45, 2.75) is 18.2 Å². The normalized spacial score (nSPS) is 14.7. The summed E-state index contributed by atoms with van der Waals surface area (Å²) >= 11 is 1.54. The summed E-state index contributed by atoms with van der Waals surface area (Å²) < 4.78 is 13.2. The van der Waals surface area contributed by atoms with Gasteiger partial charge in [-0.25, -0.2) is 9.37 Å². The number of thioether (sulfide) groups is 1. The largest absolute Gasteiger partial charge is 0.395 e. The van der Waals surface area contributed by atoms with Gasteiger partial charge in [-0.15, -0.1) is 0 Å². The van der Waals surface area contributed by atoms with Gasteiger partial charge in [0.2, 0.25) is 0 Å². The van der Waals surface area contributed by atoms with Gasteiger partial charge in [0, 0.05) is 17.5 Å². The molecule has 1 rings (SSSR count). The summed E-state index contributed by atoms with van der Waals surface area (Å²) in [7, 11) is 0. The molecular formula is C10H15FN2OS. The van der Waals surface area contributed by atoms with Gasteiger partial charge in [0.15, 0.2) is 11.6 Å². The number of aliphatic hydroxyl groups excluding tert-OH is 1. The van der Waals surface area contributed by atoms with Crippen LogP contribution in [0.3, 0.4) is 0 Å². The SMILES string of the molecule is CS[C@@H](CO)[C@@H](C)Nc1ncccc1F. The summed E-state index contributed by atoms with van der Waals surface area (Å²) in [6, 6.07) is 2.87. The van der Waals surface area contributed by atoms with Crippen LogP contribution in [0.4, 0.5) is 10.2 Å². The van der Waals surface area contributed by atoms with Crippen molar-refractivity contribution in [3.05, 3.63) is 24.1 Å². The zero-order valence-electron chi connectivity index (χ0n) is 8.77. The van der Waals surface area contributed by atoms with Crippen LogP contribution in [0.1, 0.15) is 6.92 Å². The highest BCUT2D eigenvalue weighted by Crippen LogP contribution is 2.16. The smallest absolute Gasteiger partial charge is 0.165 e. The lowest BCUT2D eigenvalue weighted by molar-refractivity contribution is 0.288. The van der Waals surface area contributed by atoms with E-state index in [-0.39, 0.29) is 29.5 Å². The summed E-state index contributed by atoms with van der Waals surface area (Å²) in [5, 5.41) is 12.0. The van der Waals surface area contributed by atoms with Gasteiger partial charge in [-0.05, 0) is 25.3 Å². The van der Waals surface area contributed by atoms with Crippen molar-refractivity contribution >= 4 is 17.6 Å². The third-order valence-electron chi connectivity index (χ3n) is 2.16. The van der Waals surface area contributed by atoms with Crippen molar-refractivity contribution in [1.29, 1.82) is 0 Å². The first-order valence-corrected chi connectivity index (χ1v) is 5.98. The molecule has 1 aromatic heterocycles. The first-order valence-electron chi connectivity index (χ1n) is 4.69. The Morgan fingerprint density at radius 3 is 2.93 bits per heavy atom. The van der Waals surface area contributed by atoms with Gasteiger partial charge < -0.3 is 10.4 Å². The predicted molar refractivity (Wildman–Crippen MR) is 61.7 cm³/mol. The predicted octanol–water partition coefficient (Wildman–Crippen LogP) is 1.74. The zero-order valence-corrected chi connectivity index (χ0v) is 9.59. The molecule has 0 saturated heterocycles. The van der Waals surface area contributed by atoms with Gasteiger partial charge in [0.25, 0.3) is 0 Å². The number of aliphatic hydroxyl groups is 1. The number of halogens is 1. The lowest BCUT2D eigenvalue weighted by atomic mass is 10.2. The number of rotatable bonds is 5. The van der Waals surface area contributed by atoms with Gasteiger partial charge in [-0.1, -0.05) is 0 Å². The second-order valence-electron chi connectivity index (χ2n) is 3.22. The number of aromatic nitrogens is 1. The van der Waals surface area contributed by atoms with Crippen LogP contribution >= 0.6 is 11.8 Å². The van der Waals surface area contributed by atoms with E-state index in [1.165, 1.54) is 12.3 Å². The minimum absolute atomic E-state index is 0.0330. The van der Waals surface area contributed by atoms with Gasteiger partial charge >= 0.3 is 0 Å². The molecule has 15 heavy (non-hydrogen) atoms. The molecule has 0 aliphatic carbocycles. The Morgan fingerprint density at radius 1 is 1.67 bits per heavy atom. The molecule has 0 spiro atoms. The highest BCUT2D eigenvalue weighted by molar-refractivity contribution is 7.99. The van der Waals surface area contributed by atoms with E-state index in [2.05, 4.69) is 10.3 Å². The van der Waals surface area contributed by atoms with E-state index < -0.39 is 0 Å². The minimum Gasteiger partial charge on any atom is -0.395 e. The van der Waals surface area contributed by atoms with Crippen LogP contribution in [0.15, 0.2) is 18.3 Å². The maximum Gasteiger partial charge on any atom is 0.165 e. The topological polar surface area (TPSA) is 45.1 Å². The van der Waals surface area contributed by atoms with E-state index in [9.17, 15) is 4.39 Å². The Morgan fingerprint density at radius 2 is 2.40 bits per heavy atom. The molecule has 2 N–H and O–H groups in total. The fourth-order valence-electron chi connectivity index (χ4n) is 1.24. The second kappa shape index (κ2) is 5.92. The van der Waals surface area contributed by atoms with E-state index in [4.69, 9.17) is 5.11 Å². The molecule has 1 heterocycles. The van der Waals surface area contributed by atoms with Gasteiger partial charge in [-0.3, -0.25) is 0 Å². The molecule has 0 aromatic carbocycles. The highest BCUT2D eigenvalue weighted by atomic mass is 32.2. The Hall–Kier alpha value is -0.810. The molecule has 3 nitrogen and oxygen atoms in total.